The number of carbonyl (C=O) groups excluding carboxylic acids is 1. The number of rotatable bonds is 3. The summed E-state index contributed by atoms with van der Waals surface area (Å²) in [6, 6.07) is 9.84. The molecule has 0 aliphatic heterocycles. The Bertz CT molecular complexity index is 620. The maximum absolute atomic E-state index is 13.6. The van der Waals surface area contributed by atoms with Crippen molar-refractivity contribution in [3.63, 3.8) is 0 Å². The van der Waals surface area contributed by atoms with Crippen LogP contribution < -0.4 is 0 Å². The molecule has 0 spiro atoms. The van der Waals surface area contributed by atoms with Gasteiger partial charge in [0.1, 0.15) is 5.82 Å². The summed E-state index contributed by atoms with van der Waals surface area (Å²) in [5.41, 5.74) is 1.82. The lowest BCUT2D eigenvalue weighted by Crippen LogP contribution is -2.07. The molecule has 0 fully saturated rings. The third kappa shape index (κ3) is 3.23. The molecule has 1 nitrogen and oxygen atoms in total. The van der Waals surface area contributed by atoms with E-state index in [1.807, 2.05) is 19.1 Å². The summed E-state index contributed by atoms with van der Waals surface area (Å²) in [6.45, 7) is 1.94. The molecule has 4 heteroatoms. The third-order valence-electron chi connectivity index (χ3n) is 2.82. The molecule has 0 bridgehead atoms. The molecule has 0 radical (unpaired) electrons. The number of aryl methyl sites for hydroxylation is 1. The van der Waals surface area contributed by atoms with Gasteiger partial charge in [-0.3, -0.25) is 4.79 Å². The molecular formula is C15H11BrClFO. The van der Waals surface area contributed by atoms with Crippen molar-refractivity contribution in [3.8, 4) is 0 Å². The molecule has 0 aliphatic carbocycles. The fourth-order valence-corrected chi connectivity index (χ4v) is 2.75. The number of benzene rings is 2. The Balaban J connectivity index is 2.31. The third-order valence-corrected chi connectivity index (χ3v) is 3.83. The molecule has 0 N–H and O–H groups in total. The second kappa shape index (κ2) is 5.85. The van der Waals surface area contributed by atoms with Crippen molar-refractivity contribution < 1.29 is 9.18 Å². The molecule has 0 saturated heterocycles. The summed E-state index contributed by atoms with van der Waals surface area (Å²) >= 11 is 9.27. The highest BCUT2D eigenvalue weighted by molar-refractivity contribution is 9.10. The van der Waals surface area contributed by atoms with Gasteiger partial charge in [-0.15, -0.1) is 0 Å². The van der Waals surface area contributed by atoms with Crippen molar-refractivity contribution in [2.45, 2.75) is 13.3 Å². The zero-order valence-electron chi connectivity index (χ0n) is 10.2. The van der Waals surface area contributed by atoms with Gasteiger partial charge in [0.05, 0.1) is 0 Å². The van der Waals surface area contributed by atoms with Gasteiger partial charge < -0.3 is 0 Å². The van der Waals surface area contributed by atoms with E-state index in [4.69, 9.17) is 11.6 Å². The van der Waals surface area contributed by atoms with Crippen LogP contribution in [0.2, 0.25) is 5.02 Å². The highest BCUT2D eigenvalue weighted by Gasteiger charge is 2.15. The Labute approximate surface area is 124 Å². The maximum Gasteiger partial charge on any atom is 0.168 e. The topological polar surface area (TPSA) is 17.1 Å². The average Bonchev–Trinajstić information content (AvgIpc) is 2.33. The SMILES string of the molecule is Cc1ccc(C(=O)Cc2c(F)cccc2Cl)c(Br)c1. The smallest absolute Gasteiger partial charge is 0.168 e. The number of Topliss-reactive ketones (excluding diaryl/α,β-unsaturated/α-hetero) is 1. The number of hydrogen-bond donors (Lipinski definition) is 0. The van der Waals surface area contributed by atoms with Crippen molar-refractivity contribution in [1.29, 1.82) is 0 Å². The van der Waals surface area contributed by atoms with E-state index < -0.39 is 5.82 Å². The van der Waals surface area contributed by atoms with Gasteiger partial charge >= 0.3 is 0 Å². The quantitative estimate of drug-likeness (QED) is 0.720. The second-order valence-corrected chi connectivity index (χ2v) is 5.55. The molecule has 0 aromatic heterocycles. The number of ketones is 1. The lowest BCUT2D eigenvalue weighted by atomic mass is 10.0. The normalized spacial score (nSPS) is 10.5. The highest BCUT2D eigenvalue weighted by Crippen LogP contribution is 2.24. The van der Waals surface area contributed by atoms with Crippen LogP contribution in [0.3, 0.4) is 0 Å². The van der Waals surface area contributed by atoms with E-state index >= 15 is 0 Å². The van der Waals surface area contributed by atoms with Crippen LogP contribution in [-0.2, 0) is 6.42 Å². The molecular weight excluding hydrogens is 331 g/mol. The van der Waals surface area contributed by atoms with Gasteiger partial charge in [-0.1, -0.05) is 39.7 Å². The summed E-state index contributed by atoms with van der Waals surface area (Å²) in [5.74, 6) is -0.622. The zero-order chi connectivity index (χ0) is 14.0. The Morgan fingerprint density at radius 1 is 1.32 bits per heavy atom. The molecule has 0 heterocycles. The summed E-state index contributed by atoms with van der Waals surface area (Å²) < 4.78 is 14.4. The molecule has 2 rings (SSSR count). The molecule has 0 saturated carbocycles. The fourth-order valence-electron chi connectivity index (χ4n) is 1.80. The second-order valence-electron chi connectivity index (χ2n) is 4.28. The Hall–Kier alpha value is -1.19. The van der Waals surface area contributed by atoms with E-state index in [9.17, 15) is 9.18 Å². The van der Waals surface area contributed by atoms with Crippen LogP contribution in [0.15, 0.2) is 40.9 Å². The van der Waals surface area contributed by atoms with Crippen molar-refractivity contribution in [2.75, 3.05) is 0 Å². The molecule has 0 aliphatic rings. The van der Waals surface area contributed by atoms with E-state index in [1.165, 1.54) is 12.1 Å². The van der Waals surface area contributed by atoms with E-state index in [1.54, 1.807) is 12.1 Å². The standard InChI is InChI=1S/C15H11BrClFO/c1-9-5-6-10(12(16)7-9)15(19)8-11-13(17)3-2-4-14(11)18/h2-7H,8H2,1H3. The van der Waals surface area contributed by atoms with Crippen molar-refractivity contribution in [1.82, 2.24) is 0 Å². The summed E-state index contributed by atoms with van der Waals surface area (Å²) in [4.78, 5) is 12.2. The van der Waals surface area contributed by atoms with Crippen molar-refractivity contribution in [2.24, 2.45) is 0 Å². The summed E-state index contributed by atoms with van der Waals surface area (Å²) in [5, 5.41) is 0.275. The van der Waals surface area contributed by atoms with Gasteiger partial charge in [-0.2, -0.15) is 0 Å². The molecule has 19 heavy (non-hydrogen) atoms. The number of hydrogen-bond acceptors (Lipinski definition) is 1. The molecule has 2 aromatic carbocycles. The molecule has 2 aromatic rings. The summed E-state index contributed by atoms with van der Waals surface area (Å²) in [6.07, 6.45) is -0.0484. The van der Waals surface area contributed by atoms with E-state index in [2.05, 4.69) is 15.9 Å². The van der Waals surface area contributed by atoms with Crippen LogP contribution >= 0.6 is 27.5 Å². The lowest BCUT2D eigenvalue weighted by Gasteiger charge is -2.07. The number of carbonyl (C=O) groups is 1. The first-order chi connectivity index (χ1) is 8.99. The molecule has 0 atom stereocenters. The van der Waals surface area contributed by atoms with Gasteiger partial charge in [-0.25, -0.2) is 4.39 Å². The van der Waals surface area contributed by atoms with Crippen LogP contribution in [0.5, 0.6) is 0 Å². The van der Waals surface area contributed by atoms with Gasteiger partial charge in [0.15, 0.2) is 5.78 Å². The summed E-state index contributed by atoms with van der Waals surface area (Å²) in [7, 11) is 0. The predicted octanol–water partition coefficient (Wildman–Crippen LogP) is 4.98. The first-order valence-corrected chi connectivity index (χ1v) is 6.88. The minimum atomic E-state index is -0.455. The van der Waals surface area contributed by atoms with E-state index in [0.29, 0.717) is 10.0 Å². The first kappa shape index (κ1) is 14.2. The minimum Gasteiger partial charge on any atom is -0.294 e. The monoisotopic (exact) mass is 340 g/mol. The maximum atomic E-state index is 13.6. The average molecular weight is 342 g/mol. The Kier molecular flexibility index (Phi) is 4.38. The predicted molar refractivity (Wildman–Crippen MR) is 78.3 cm³/mol. The van der Waals surface area contributed by atoms with E-state index in [0.717, 1.165) is 5.56 Å². The zero-order valence-corrected chi connectivity index (χ0v) is 12.6. The Morgan fingerprint density at radius 3 is 2.68 bits per heavy atom. The Morgan fingerprint density at radius 2 is 2.05 bits per heavy atom. The van der Waals surface area contributed by atoms with Gasteiger partial charge in [0.2, 0.25) is 0 Å². The highest BCUT2D eigenvalue weighted by atomic mass is 79.9. The molecule has 98 valence electrons. The minimum absolute atomic E-state index is 0.0484. The largest absolute Gasteiger partial charge is 0.294 e. The number of halogens is 3. The van der Waals surface area contributed by atoms with Crippen LogP contribution in [-0.4, -0.2) is 5.78 Å². The lowest BCUT2D eigenvalue weighted by molar-refractivity contribution is 0.0991. The van der Waals surface area contributed by atoms with Crippen LogP contribution in [0.1, 0.15) is 21.5 Å². The van der Waals surface area contributed by atoms with Crippen molar-refractivity contribution >= 4 is 33.3 Å². The van der Waals surface area contributed by atoms with Gasteiger partial charge in [0, 0.05) is 27.0 Å². The molecule has 0 amide bonds. The van der Waals surface area contributed by atoms with Gasteiger partial charge in [-0.05, 0) is 36.8 Å². The van der Waals surface area contributed by atoms with E-state index in [-0.39, 0.29) is 22.8 Å². The van der Waals surface area contributed by atoms with Crippen molar-refractivity contribution in [3.05, 3.63) is 68.4 Å². The van der Waals surface area contributed by atoms with Crippen LogP contribution in [0.25, 0.3) is 0 Å². The van der Waals surface area contributed by atoms with Gasteiger partial charge in [0.25, 0.3) is 0 Å². The fraction of sp³-hybridized carbons (Fsp3) is 0.133. The molecule has 0 unspecified atom stereocenters. The first-order valence-electron chi connectivity index (χ1n) is 5.71. The van der Waals surface area contributed by atoms with Crippen LogP contribution in [0, 0.1) is 12.7 Å². The van der Waals surface area contributed by atoms with Crippen LogP contribution in [0.4, 0.5) is 4.39 Å².